The summed E-state index contributed by atoms with van der Waals surface area (Å²) in [5.41, 5.74) is 5.07. The molecule has 1 N–H and O–H groups in total. The predicted octanol–water partition coefficient (Wildman–Crippen LogP) is 5.97. The third-order valence-corrected chi connectivity index (χ3v) is 7.21. The standard InChI is InChI=1S/C28H30Cl2N2O.C2HF3O2/c1-20(31-28(33)7-4-17-32-18-16-23-5-2-3-6-27(23)32)26(22-10-14-25(30)15-11-22)19-21-8-12-24(29)13-9-21;3-2(4,5)1(6)7/h2-3,5-6,8-15,20,26H,4,7,16-19H2,1H3,(H,31,33);(H,6,7)/p-1/t20-,26+;/m1./s1. The van der Waals surface area contributed by atoms with Gasteiger partial charge < -0.3 is 20.1 Å². The molecule has 214 valence electrons. The Morgan fingerprint density at radius 3 is 2.15 bits per heavy atom. The van der Waals surface area contributed by atoms with Crippen LogP contribution in [-0.2, 0) is 22.4 Å². The van der Waals surface area contributed by atoms with Crippen molar-refractivity contribution < 1.29 is 27.9 Å². The van der Waals surface area contributed by atoms with E-state index in [-0.39, 0.29) is 17.9 Å². The summed E-state index contributed by atoms with van der Waals surface area (Å²) in [6.45, 7) is 4.03. The number of amides is 1. The normalized spacial score (nSPS) is 14.0. The lowest BCUT2D eigenvalue weighted by Gasteiger charge is -2.26. The molecule has 1 aliphatic heterocycles. The molecule has 3 aromatic carbocycles. The Morgan fingerprint density at radius 1 is 0.975 bits per heavy atom. The number of rotatable bonds is 9. The van der Waals surface area contributed by atoms with Crippen molar-refractivity contribution in [3.05, 3.63) is 99.5 Å². The van der Waals surface area contributed by atoms with Crippen LogP contribution < -0.4 is 15.3 Å². The number of halogens is 5. The Balaban J connectivity index is 0.000000559. The van der Waals surface area contributed by atoms with Gasteiger partial charge in [-0.2, -0.15) is 13.2 Å². The van der Waals surface area contributed by atoms with Crippen LogP contribution in [0.5, 0.6) is 0 Å². The maximum Gasteiger partial charge on any atom is 0.430 e. The summed E-state index contributed by atoms with van der Waals surface area (Å²) < 4.78 is 31.5. The summed E-state index contributed by atoms with van der Waals surface area (Å²) in [7, 11) is 0. The highest BCUT2D eigenvalue weighted by Crippen LogP contribution is 2.28. The first kappa shape index (κ1) is 31.3. The highest BCUT2D eigenvalue weighted by molar-refractivity contribution is 6.30. The molecule has 1 amide bonds. The van der Waals surface area contributed by atoms with E-state index in [1.165, 1.54) is 16.8 Å². The van der Waals surface area contributed by atoms with E-state index in [2.05, 4.69) is 53.5 Å². The van der Waals surface area contributed by atoms with Gasteiger partial charge in [0.25, 0.3) is 0 Å². The summed E-state index contributed by atoms with van der Waals surface area (Å²) in [6.07, 6.45) is -1.93. The lowest BCUT2D eigenvalue weighted by molar-refractivity contribution is -0.344. The lowest BCUT2D eigenvalue weighted by Crippen LogP contribution is -2.38. The maximum atomic E-state index is 12.8. The fourth-order valence-electron chi connectivity index (χ4n) is 4.66. The molecule has 0 spiro atoms. The molecule has 4 rings (SSSR count). The van der Waals surface area contributed by atoms with E-state index in [1.807, 2.05) is 36.4 Å². The molecule has 0 saturated heterocycles. The zero-order valence-electron chi connectivity index (χ0n) is 21.9. The summed E-state index contributed by atoms with van der Waals surface area (Å²) in [5.74, 6) is -2.77. The van der Waals surface area contributed by atoms with Crippen LogP contribution in [0.15, 0.2) is 72.8 Å². The molecule has 1 aliphatic rings. The first-order valence-electron chi connectivity index (χ1n) is 12.8. The number of nitrogens with zero attached hydrogens (tertiary/aromatic N) is 1. The van der Waals surface area contributed by atoms with Crippen molar-refractivity contribution in [3.8, 4) is 0 Å². The number of alkyl halides is 3. The number of anilines is 1. The number of carboxylic acid groups (broad SMARTS) is 1. The molecule has 0 unspecified atom stereocenters. The molecule has 0 bridgehead atoms. The zero-order valence-corrected chi connectivity index (χ0v) is 23.4. The van der Waals surface area contributed by atoms with Crippen molar-refractivity contribution in [2.75, 3.05) is 18.0 Å². The van der Waals surface area contributed by atoms with Crippen LogP contribution in [0.2, 0.25) is 10.0 Å². The number of aliphatic carboxylic acids is 1. The number of carbonyl (C=O) groups excluding carboxylic acids is 2. The second kappa shape index (κ2) is 14.4. The minimum absolute atomic E-state index is 0.0122. The first-order chi connectivity index (χ1) is 18.9. The van der Waals surface area contributed by atoms with Crippen LogP contribution in [0.1, 0.15) is 42.4 Å². The van der Waals surface area contributed by atoms with Crippen molar-refractivity contribution in [1.29, 1.82) is 0 Å². The molecule has 5 nitrogen and oxygen atoms in total. The van der Waals surface area contributed by atoms with E-state index in [1.54, 1.807) is 0 Å². The van der Waals surface area contributed by atoms with Crippen molar-refractivity contribution in [2.24, 2.45) is 0 Å². The molecule has 40 heavy (non-hydrogen) atoms. The van der Waals surface area contributed by atoms with Crippen LogP contribution in [0.4, 0.5) is 18.9 Å². The number of benzene rings is 3. The van der Waals surface area contributed by atoms with Gasteiger partial charge in [-0.25, -0.2) is 0 Å². The molecular weight excluding hydrogens is 564 g/mol. The third kappa shape index (κ3) is 9.45. The van der Waals surface area contributed by atoms with Crippen LogP contribution in [-0.4, -0.2) is 37.2 Å². The Hall–Kier alpha value is -3.23. The molecule has 0 aromatic heterocycles. The van der Waals surface area contributed by atoms with Gasteiger partial charge in [-0.15, -0.1) is 0 Å². The highest BCUT2D eigenvalue weighted by Gasteiger charge is 2.29. The summed E-state index contributed by atoms with van der Waals surface area (Å²) in [4.78, 5) is 24.0. The van der Waals surface area contributed by atoms with E-state index in [9.17, 15) is 18.0 Å². The lowest BCUT2D eigenvalue weighted by atomic mass is 9.86. The Bertz CT molecular complexity index is 1270. The number of carbonyl (C=O) groups is 2. The van der Waals surface area contributed by atoms with E-state index in [0.29, 0.717) is 11.4 Å². The average Bonchev–Trinajstić information content (AvgIpc) is 3.32. The Kier molecular flexibility index (Phi) is 11.3. The van der Waals surface area contributed by atoms with Crippen LogP contribution >= 0.6 is 23.2 Å². The van der Waals surface area contributed by atoms with Crippen molar-refractivity contribution in [3.63, 3.8) is 0 Å². The quantitative estimate of drug-likeness (QED) is 0.332. The topological polar surface area (TPSA) is 72.5 Å². The first-order valence-corrected chi connectivity index (χ1v) is 13.6. The second-order valence-corrected chi connectivity index (χ2v) is 10.5. The van der Waals surface area contributed by atoms with Crippen molar-refractivity contribution in [2.45, 2.75) is 50.7 Å². The molecule has 0 aliphatic carbocycles. The molecule has 2 atom stereocenters. The van der Waals surface area contributed by atoms with Gasteiger partial charge in [-0.1, -0.05) is 65.7 Å². The second-order valence-electron chi connectivity index (χ2n) is 9.60. The van der Waals surface area contributed by atoms with E-state index < -0.39 is 12.1 Å². The van der Waals surface area contributed by atoms with Crippen LogP contribution in [0, 0.1) is 0 Å². The van der Waals surface area contributed by atoms with Gasteiger partial charge in [0.2, 0.25) is 5.91 Å². The number of hydrogen-bond donors (Lipinski definition) is 1. The fraction of sp³-hybridized carbons (Fsp3) is 0.333. The minimum Gasteiger partial charge on any atom is -0.542 e. The molecule has 3 aromatic rings. The van der Waals surface area contributed by atoms with Gasteiger partial charge in [-0.3, -0.25) is 4.79 Å². The molecular formula is C30H30Cl2F3N2O3-. The Morgan fingerprint density at radius 2 is 1.55 bits per heavy atom. The number of fused-ring (bicyclic) bond motifs is 1. The van der Waals surface area contributed by atoms with Gasteiger partial charge >= 0.3 is 6.18 Å². The number of carboxylic acids is 1. The number of nitrogens with one attached hydrogen (secondary N) is 1. The van der Waals surface area contributed by atoms with E-state index in [4.69, 9.17) is 33.1 Å². The Labute approximate surface area is 241 Å². The van der Waals surface area contributed by atoms with Gasteiger partial charge in [0.15, 0.2) is 0 Å². The van der Waals surface area contributed by atoms with Gasteiger partial charge in [0, 0.05) is 47.2 Å². The van der Waals surface area contributed by atoms with Gasteiger partial charge in [0.05, 0.1) is 0 Å². The van der Waals surface area contributed by atoms with Crippen LogP contribution in [0.25, 0.3) is 0 Å². The number of hydrogen-bond acceptors (Lipinski definition) is 4. The van der Waals surface area contributed by atoms with E-state index >= 15 is 0 Å². The molecule has 0 fully saturated rings. The van der Waals surface area contributed by atoms with Crippen molar-refractivity contribution in [1.82, 2.24) is 5.32 Å². The smallest absolute Gasteiger partial charge is 0.430 e. The highest BCUT2D eigenvalue weighted by atomic mass is 35.5. The predicted molar refractivity (Wildman–Crippen MR) is 150 cm³/mol. The number of para-hydroxylation sites is 1. The SMILES string of the molecule is C[C@@H](NC(=O)CCCN1CCc2ccccc21)[C@H](Cc1ccc(Cl)cc1)c1ccc(Cl)cc1.O=C([O-])C(F)(F)F. The van der Waals surface area contributed by atoms with E-state index in [0.717, 1.165) is 42.9 Å². The monoisotopic (exact) mass is 593 g/mol. The van der Waals surface area contributed by atoms with Crippen LogP contribution in [0.3, 0.4) is 0 Å². The van der Waals surface area contributed by atoms with Crippen molar-refractivity contribution >= 4 is 40.8 Å². The third-order valence-electron chi connectivity index (χ3n) is 6.71. The van der Waals surface area contributed by atoms with Gasteiger partial charge in [-0.05, 0) is 73.2 Å². The molecule has 0 saturated carbocycles. The average molecular weight is 594 g/mol. The molecule has 10 heteroatoms. The summed E-state index contributed by atoms with van der Waals surface area (Å²) >= 11 is 12.2. The summed E-state index contributed by atoms with van der Waals surface area (Å²) in [6, 6.07) is 24.4. The minimum atomic E-state index is -5.19. The van der Waals surface area contributed by atoms with Gasteiger partial charge in [0.1, 0.15) is 5.97 Å². The summed E-state index contributed by atoms with van der Waals surface area (Å²) in [5, 5.41) is 13.5. The fourth-order valence-corrected chi connectivity index (χ4v) is 4.92. The largest absolute Gasteiger partial charge is 0.542 e. The zero-order chi connectivity index (χ0) is 29.3. The molecule has 0 radical (unpaired) electrons. The molecule has 1 heterocycles. The maximum absolute atomic E-state index is 12.8.